The lowest BCUT2D eigenvalue weighted by Crippen LogP contribution is -2.07. The SMILES string of the molecule is COc1ccccc1/C=C/C(=O)Nc1nc(-c2ccc(NC(C)=O)cc2F)cs1. The Kier molecular flexibility index (Phi) is 6.36. The van der Waals surface area contributed by atoms with Gasteiger partial charge in [0.05, 0.1) is 12.8 Å². The second kappa shape index (κ2) is 9.11. The van der Waals surface area contributed by atoms with Gasteiger partial charge in [0.1, 0.15) is 11.6 Å². The van der Waals surface area contributed by atoms with E-state index in [0.29, 0.717) is 22.3 Å². The van der Waals surface area contributed by atoms with Crippen molar-refractivity contribution in [2.45, 2.75) is 6.92 Å². The molecule has 3 rings (SSSR count). The van der Waals surface area contributed by atoms with Crippen molar-refractivity contribution in [3.63, 3.8) is 0 Å². The minimum absolute atomic E-state index is 0.278. The van der Waals surface area contributed by atoms with Gasteiger partial charge in [-0.15, -0.1) is 11.3 Å². The number of halogens is 1. The van der Waals surface area contributed by atoms with Crippen molar-refractivity contribution in [1.29, 1.82) is 0 Å². The number of nitrogens with zero attached hydrogens (tertiary/aromatic N) is 1. The van der Waals surface area contributed by atoms with Gasteiger partial charge in [-0.2, -0.15) is 0 Å². The third kappa shape index (κ3) is 5.26. The number of anilines is 2. The van der Waals surface area contributed by atoms with Gasteiger partial charge >= 0.3 is 0 Å². The summed E-state index contributed by atoms with van der Waals surface area (Å²) in [5, 5.41) is 7.18. The highest BCUT2D eigenvalue weighted by Crippen LogP contribution is 2.28. The molecule has 2 N–H and O–H groups in total. The summed E-state index contributed by atoms with van der Waals surface area (Å²) < 4.78 is 19.6. The first-order valence-electron chi connectivity index (χ1n) is 8.61. The summed E-state index contributed by atoms with van der Waals surface area (Å²) in [5.41, 5.74) is 1.81. The predicted octanol–water partition coefficient (Wildman–Crippen LogP) is 4.57. The Morgan fingerprint density at radius 2 is 1.97 bits per heavy atom. The predicted molar refractivity (Wildman–Crippen MR) is 112 cm³/mol. The zero-order valence-corrected chi connectivity index (χ0v) is 16.5. The summed E-state index contributed by atoms with van der Waals surface area (Å²) in [4.78, 5) is 27.5. The molecule has 3 aromatic rings. The molecule has 0 radical (unpaired) electrons. The molecular formula is C21H18FN3O3S. The Balaban J connectivity index is 1.69. The Bertz CT molecular complexity index is 1080. The first-order chi connectivity index (χ1) is 14.0. The highest BCUT2D eigenvalue weighted by molar-refractivity contribution is 7.14. The Morgan fingerprint density at radius 1 is 1.17 bits per heavy atom. The molecule has 0 aliphatic heterocycles. The molecule has 148 valence electrons. The van der Waals surface area contributed by atoms with Gasteiger partial charge in [0.25, 0.3) is 0 Å². The van der Waals surface area contributed by atoms with Crippen LogP contribution in [0.15, 0.2) is 53.9 Å². The van der Waals surface area contributed by atoms with E-state index >= 15 is 0 Å². The number of amides is 2. The lowest BCUT2D eigenvalue weighted by atomic mass is 10.1. The molecule has 0 fully saturated rings. The van der Waals surface area contributed by atoms with Crippen LogP contribution in [0, 0.1) is 5.82 Å². The largest absolute Gasteiger partial charge is 0.496 e. The van der Waals surface area contributed by atoms with Gasteiger partial charge in [-0.25, -0.2) is 9.37 Å². The fourth-order valence-electron chi connectivity index (χ4n) is 2.58. The van der Waals surface area contributed by atoms with Crippen LogP contribution in [0.25, 0.3) is 17.3 Å². The highest BCUT2D eigenvalue weighted by atomic mass is 32.1. The number of para-hydroxylation sites is 1. The molecular weight excluding hydrogens is 393 g/mol. The summed E-state index contributed by atoms with van der Waals surface area (Å²) in [5.74, 6) is -0.503. The molecule has 0 bridgehead atoms. The van der Waals surface area contributed by atoms with Crippen LogP contribution in [-0.4, -0.2) is 23.9 Å². The monoisotopic (exact) mass is 411 g/mol. The van der Waals surface area contributed by atoms with Crippen LogP contribution in [0.5, 0.6) is 5.75 Å². The molecule has 8 heteroatoms. The van der Waals surface area contributed by atoms with Crippen molar-refractivity contribution in [3.05, 3.63) is 65.3 Å². The average molecular weight is 411 g/mol. The van der Waals surface area contributed by atoms with Gasteiger partial charge in [-0.05, 0) is 30.3 Å². The summed E-state index contributed by atoms with van der Waals surface area (Å²) in [6.07, 6.45) is 3.02. The summed E-state index contributed by atoms with van der Waals surface area (Å²) >= 11 is 1.19. The maximum absolute atomic E-state index is 14.3. The molecule has 29 heavy (non-hydrogen) atoms. The Labute approximate surface area is 171 Å². The third-order valence-corrected chi connectivity index (χ3v) is 4.61. The van der Waals surface area contributed by atoms with Crippen LogP contribution in [0.2, 0.25) is 0 Å². The third-order valence-electron chi connectivity index (χ3n) is 3.85. The Morgan fingerprint density at radius 3 is 2.69 bits per heavy atom. The smallest absolute Gasteiger partial charge is 0.250 e. The zero-order chi connectivity index (χ0) is 20.8. The second-order valence-electron chi connectivity index (χ2n) is 5.98. The van der Waals surface area contributed by atoms with E-state index < -0.39 is 5.82 Å². The number of thiazole rings is 1. The van der Waals surface area contributed by atoms with E-state index in [9.17, 15) is 14.0 Å². The number of nitrogens with one attached hydrogen (secondary N) is 2. The van der Waals surface area contributed by atoms with Gasteiger partial charge < -0.3 is 10.1 Å². The topological polar surface area (TPSA) is 80.3 Å². The van der Waals surface area contributed by atoms with Crippen LogP contribution >= 0.6 is 11.3 Å². The number of benzene rings is 2. The van der Waals surface area contributed by atoms with E-state index in [1.165, 1.54) is 36.5 Å². The van der Waals surface area contributed by atoms with Crippen molar-refractivity contribution in [2.75, 3.05) is 17.7 Å². The van der Waals surface area contributed by atoms with Crippen molar-refractivity contribution in [3.8, 4) is 17.0 Å². The summed E-state index contributed by atoms with van der Waals surface area (Å²) in [6, 6.07) is 11.7. The lowest BCUT2D eigenvalue weighted by Gasteiger charge is -2.05. The number of carbonyl (C=O) groups is 2. The first kappa shape index (κ1) is 20.2. The zero-order valence-electron chi connectivity index (χ0n) is 15.7. The van der Waals surface area contributed by atoms with Crippen molar-refractivity contribution >= 4 is 40.0 Å². The minimum Gasteiger partial charge on any atom is -0.496 e. The normalized spacial score (nSPS) is 10.7. The molecule has 0 saturated carbocycles. The van der Waals surface area contributed by atoms with Gasteiger partial charge in [-0.3, -0.25) is 14.9 Å². The van der Waals surface area contributed by atoms with E-state index in [1.807, 2.05) is 18.2 Å². The fraction of sp³-hybridized carbons (Fsp3) is 0.0952. The van der Waals surface area contributed by atoms with Crippen LogP contribution in [0.3, 0.4) is 0 Å². The first-order valence-corrected chi connectivity index (χ1v) is 9.49. The van der Waals surface area contributed by atoms with E-state index in [1.54, 1.807) is 30.7 Å². The molecule has 1 heterocycles. The van der Waals surface area contributed by atoms with E-state index in [2.05, 4.69) is 15.6 Å². The summed E-state index contributed by atoms with van der Waals surface area (Å²) in [7, 11) is 1.56. The molecule has 0 unspecified atom stereocenters. The van der Waals surface area contributed by atoms with E-state index in [4.69, 9.17) is 4.74 Å². The maximum Gasteiger partial charge on any atom is 0.250 e. The number of methoxy groups -OCH3 is 1. The van der Waals surface area contributed by atoms with Gasteiger partial charge in [0, 0.05) is 35.2 Å². The van der Waals surface area contributed by atoms with Crippen LogP contribution < -0.4 is 15.4 Å². The average Bonchev–Trinajstić information content (AvgIpc) is 3.14. The molecule has 0 atom stereocenters. The van der Waals surface area contributed by atoms with E-state index in [0.717, 1.165) is 5.56 Å². The molecule has 2 amide bonds. The number of hydrogen-bond acceptors (Lipinski definition) is 5. The van der Waals surface area contributed by atoms with Crippen molar-refractivity contribution in [1.82, 2.24) is 4.98 Å². The second-order valence-corrected chi connectivity index (χ2v) is 6.84. The minimum atomic E-state index is -0.518. The van der Waals surface area contributed by atoms with Crippen LogP contribution in [-0.2, 0) is 9.59 Å². The fourth-order valence-corrected chi connectivity index (χ4v) is 3.29. The maximum atomic E-state index is 14.3. The van der Waals surface area contributed by atoms with E-state index in [-0.39, 0.29) is 17.4 Å². The number of ether oxygens (including phenoxy) is 1. The summed E-state index contributed by atoms with van der Waals surface area (Å²) in [6.45, 7) is 1.35. The number of hydrogen-bond donors (Lipinski definition) is 2. The molecule has 2 aromatic carbocycles. The van der Waals surface area contributed by atoms with Crippen molar-refractivity contribution in [2.24, 2.45) is 0 Å². The molecule has 0 aliphatic rings. The number of rotatable bonds is 6. The molecule has 0 aliphatic carbocycles. The quantitative estimate of drug-likeness (QED) is 0.583. The van der Waals surface area contributed by atoms with Gasteiger partial charge in [-0.1, -0.05) is 18.2 Å². The number of aromatic nitrogens is 1. The molecule has 0 spiro atoms. The van der Waals surface area contributed by atoms with Gasteiger partial charge in [0.2, 0.25) is 11.8 Å². The molecule has 1 aromatic heterocycles. The highest BCUT2D eigenvalue weighted by Gasteiger charge is 2.12. The van der Waals surface area contributed by atoms with Gasteiger partial charge in [0.15, 0.2) is 5.13 Å². The van der Waals surface area contributed by atoms with Crippen LogP contribution in [0.4, 0.5) is 15.2 Å². The lowest BCUT2D eigenvalue weighted by molar-refractivity contribution is -0.114. The standard InChI is InChI=1S/C21H18FN3O3S/c1-13(26)23-15-8-9-16(17(22)11-15)18-12-29-21(24-18)25-20(27)10-7-14-5-3-4-6-19(14)28-2/h3-12H,1-2H3,(H,23,26)(H,24,25,27)/b10-7+. The molecule has 6 nitrogen and oxygen atoms in total. The number of carbonyl (C=O) groups excluding carboxylic acids is 2. The van der Waals surface area contributed by atoms with Crippen LogP contribution in [0.1, 0.15) is 12.5 Å². The Hall–Kier alpha value is -3.52. The van der Waals surface area contributed by atoms with Crippen molar-refractivity contribution < 1.29 is 18.7 Å². The molecule has 0 saturated heterocycles.